The number of carbonyl (C=O) groups is 3. The minimum Gasteiger partial charge on any atom is -0.481 e. The zero-order valence-electron chi connectivity index (χ0n) is 21.0. The molecule has 0 saturated heterocycles. The Bertz CT molecular complexity index is 1550. The highest BCUT2D eigenvalue weighted by Gasteiger charge is 2.18. The van der Waals surface area contributed by atoms with E-state index in [9.17, 15) is 19.5 Å². The van der Waals surface area contributed by atoms with E-state index in [1.807, 2.05) is 66.7 Å². The van der Waals surface area contributed by atoms with E-state index in [1.165, 1.54) is 0 Å². The van der Waals surface area contributed by atoms with Crippen molar-refractivity contribution in [2.45, 2.75) is 31.7 Å². The fourth-order valence-electron chi connectivity index (χ4n) is 4.32. The second-order valence-electron chi connectivity index (χ2n) is 9.09. The summed E-state index contributed by atoms with van der Waals surface area (Å²) >= 11 is 6.10. The van der Waals surface area contributed by atoms with E-state index < -0.39 is 18.0 Å². The first-order chi connectivity index (χ1) is 18.8. The SMILES string of the molecule is O=C(O)CCC(=O)NC(CCc1ccccc1C(=O)O)c1cccc(/C=C/c2ccc3ccc(Cl)cc3n2)c1. The summed E-state index contributed by atoms with van der Waals surface area (Å²) in [6.07, 6.45) is 4.25. The normalized spacial score (nSPS) is 11.9. The van der Waals surface area contributed by atoms with Crippen molar-refractivity contribution in [2.24, 2.45) is 0 Å². The maximum absolute atomic E-state index is 12.5. The van der Waals surface area contributed by atoms with Gasteiger partial charge in [0.2, 0.25) is 5.91 Å². The van der Waals surface area contributed by atoms with Crippen molar-refractivity contribution in [3.05, 3.63) is 112 Å². The number of carboxylic acids is 2. The molecule has 0 saturated carbocycles. The lowest BCUT2D eigenvalue weighted by Crippen LogP contribution is -2.29. The topological polar surface area (TPSA) is 117 Å². The summed E-state index contributed by atoms with van der Waals surface area (Å²) in [5, 5.41) is 23.0. The minimum absolute atomic E-state index is 0.144. The average molecular weight is 543 g/mol. The highest BCUT2D eigenvalue weighted by molar-refractivity contribution is 6.31. The molecule has 0 bridgehead atoms. The first-order valence-corrected chi connectivity index (χ1v) is 12.8. The van der Waals surface area contributed by atoms with Gasteiger partial charge in [0.05, 0.1) is 29.2 Å². The lowest BCUT2D eigenvalue weighted by atomic mass is 9.95. The van der Waals surface area contributed by atoms with Gasteiger partial charge in [-0.3, -0.25) is 9.59 Å². The molecule has 0 fully saturated rings. The second kappa shape index (κ2) is 12.8. The molecule has 7 nitrogen and oxygen atoms in total. The predicted molar refractivity (Wildman–Crippen MR) is 152 cm³/mol. The van der Waals surface area contributed by atoms with Crippen LogP contribution in [-0.2, 0) is 16.0 Å². The van der Waals surface area contributed by atoms with Crippen LogP contribution in [0.1, 0.15) is 58.0 Å². The second-order valence-corrected chi connectivity index (χ2v) is 9.53. The van der Waals surface area contributed by atoms with Gasteiger partial charge in [-0.05, 0) is 65.9 Å². The van der Waals surface area contributed by atoms with Crippen LogP contribution >= 0.6 is 11.6 Å². The summed E-state index contributed by atoms with van der Waals surface area (Å²) in [6, 6.07) is 23.4. The van der Waals surface area contributed by atoms with Gasteiger partial charge in [-0.2, -0.15) is 0 Å². The Balaban J connectivity index is 1.56. The number of nitrogens with one attached hydrogen (secondary N) is 1. The quantitative estimate of drug-likeness (QED) is 0.201. The highest BCUT2D eigenvalue weighted by Crippen LogP contribution is 2.24. The fraction of sp³-hybridized carbons (Fsp3) is 0.161. The molecule has 1 amide bonds. The molecule has 0 aliphatic rings. The van der Waals surface area contributed by atoms with Crippen molar-refractivity contribution in [1.82, 2.24) is 10.3 Å². The fourth-order valence-corrected chi connectivity index (χ4v) is 4.48. The molecule has 1 heterocycles. The van der Waals surface area contributed by atoms with Gasteiger partial charge in [-0.1, -0.05) is 66.2 Å². The Morgan fingerprint density at radius 3 is 2.49 bits per heavy atom. The van der Waals surface area contributed by atoms with Crippen LogP contribution < -0.4 is 5.32 Å². The maximum Gasteiger partial charge on any atom is 0.335 e. The van der Waals surface area contributed by atoms with E-state index in [1.54, 1.807) is 24.3 Å². The zero-order valence-corrected chi connectivity index (χ0v) is 21.8. The largest absolute Gasteiger partial charge is 0.481 e. The molecule has 4 rings (SSSR count). The number of hydrogen-bond donors (Lipinski definition) is 3. The van der Waals surface area contributed by atoms with Gasteiger partial charge >= 0.3 is 11.9 Å². The number of aromatic carboxylic acids is 1. The molecule has 1 unspecified atom stereocenters. The number of pyridine rings is 1. The summed E-state index contributed by atoms with van der Waals surface area (Å²) in [6.45, 7) is 0. The molecule has 0 aliphatic carbocycles. The van der Waals surface area contributed by atoms with Crippen molar-refractivity contribution in [1.29, 1.82) is 0 Å². The summed E-state index contributed by atoms with van der Waals surface area (Å²) in [4.78, 5) is 39.8. The van der Waals surface area contributed by atoms with E-state index >= 15 is 0 Å². The first-order valence-electron chi connectivity index (χ1n) is 12.5. The number of aryl methyl sites for hydroxylation is 1. The molecule has 198 valence electrons. The molecule has 8 heteroatoms. The van der Waals surface area contributed by atoms with Crippen LogP contribution in [0.3, 0.4) is 0 Å². The molecule has 0 spiro atoms. The summed E-state index contributed by atoms with van der Waals surface area (Å²) in [5.74, 6) is -2.44. The number of aromatic nitrogens is 1. The van der Waals surface area contributed by atoms with Gasteiger partial charge in [0, 0.05) is 16.8 Å². The third kappa shape index (κ3) is 7.75. The summed E-state index contributed by atoms with van der Waals surface area (Å²) < 4.78 is 0. The smallest absolute Gasteiger partial charge is 0.335 e. The first kappa shape index (κ1) is 27.5. The molecular formula is C31H27ClN2O5. The molecule has 3 N–H and O–H groups in total. The Morgan fingerprint density at radius 1 is 0.897 bits per heavy atom. The van der Waals surface area contributed by atoms with Crippen LogP contribution in [0.5, 0.6) is 0 Å². The third-order valence-electron chi connectivity index (χ3n) is 6.29. The van der Waals surface area contributed by atoms with E-state index in [4.69, 9.17) is 16.7 Å². The molecular weight excluding hydrogens is 516 g/mol. The van der Waals surface area contributed by atoms with Crippen LogP contribution in [0.4, 0.5) is 0 Å². The number of halogens is 1. The van der Waals surface area contributed by atoms with Crippen molar-refractivity contribution in [3.8, 4) is 0 Å². The van der Waals surface area contributed by atoms with Crippen molar-refractivity contribution in [3.63, 3.8) is 0 Å². The van der Waals surface area contributed by atoms with E-state index in [0.29, 0.717) is 23.4 Å². The number of fused-ring (bicyclic) bond motifs is 1. The molecule has 4 aromatic rings. The molecule has 39 heavy (non-hydrogen) atoms. The van der Waals surface area contributed by atoms with E-state index in [-0.39, 0.29) is 24.3 Å². The lowest BCUT2D eigenvalue weighted by Gasteiger charge is -2.20. The number of rotatable bonds is 11. The standard InChI is InChI=1S/C31H27ClN2O5/c32-24-12-9-22-10-14-25(33-28(22)19-24)13-8-20-4-3-6-23(18-20)27(34-29(35)16-17-30(36)37)15-11-21-5-1-2-7-26(21)31(38)39/h1-10,12-14,18-19,27H,11,15-17H2,(H,34,35)(H,36,37)(H,38,39)/b13-8+. The van der Waals surface area contributed by atoms with Gasteiger partial charge in [0.25, 0.3) is 0 Å². The van der Waals surface area contributed by atoms with Crippen LogP contribution in [0.2, 0.25) is 5.02 Å². The molecule has 3 aromatic carbocycles. The molecule has 1 atom stereocenters. The maximum atomic E-state index is 12.5. The monoisotopic (exact) mass is 542 g/mol. The number of benzene rings is 3. The van der Waals surface area contributed by atoms with Crippen LogP contribution in [-0.4, -0.2) is 33.0 Å². The van der Waals surface area contributed by atoms with Crippen LogP contribution in [0.25, 0.3) is 23.1 Å². The predicted octanol–water partition coefficient (Wildman–Crippen LogP) is 6.41. The summed E-state index contributed by atoms with van der Waals surface area (Å²) in [5.41, 5.74) is 4.15. The van der Waals surface area contributed by atoms with Gasteiger partial charge in [-0.25, -0.2) is 9.78 Å². The third-order valence-corrected chi connectivity index (χ3v) is 6.52. The average Bonchev–Trinajstić information content (AvgIpc) is 2.93. The minimum atomic E-state index is -1.05. The van der Waals surface area contributed by atoms with Gasteiger partial charge < -0.3 is 15.5 Å². The van der Waals surface area contributed by atoms with Crippen LogP contribution in [0.15, 0.2) is 78.9 Å². The van der Waals surface area contributed by atoms with Gasteiger partial charge in [-0.15, -0.1) is 0 Å². The summed E-state index contributed by atoms with van der Waals surface area (Å²) in [7, 11) is 0. The Hall–Kier alpha value is -4.49. The van der Waals surface area contributed by atoms with Crippen LogP contribution in [0, 0.1) is 0 Å². The number of hydrogen-bond acceptors (Lipinski definition) is 4. The number of aliphatic carboxylic acids is 1. The number of carboxylic acid groups (broad SMARTS) is 2. The van der Waals surface area contributed by atoms with Crippen molar-refractivity contribution >= 4 is 52.5 Å². The van der Waals surface area contributed by atoms with Crippen molar-refractivity contribution in [2.75, 3.05) is 0 Å². The number of nitrogens with zero attached hydrogens (tertiary/aromatic N) is 1. The van der Waals surface area contributed by atoms with Crippen molar-refractivity contribution < 1.29 is 24.6 Å². The number of carbonyl (C=O) groups excluding carboxylic acids is 1. The Labute approximate surface area is 230 Å². The Morgan fingerprint density at radius 2 is 1.69 bits per heavy atom. The molecule has 0 aliphatic heterocycles. The highest BCUT2D eigenvalue weighted by atomic mass is 35.5. The number of amides is 1. The van der Waals surface area contributed by atoms with E-state index in [2.05, 4.69) is 10.3 Å². The molecule has 0 radical (unpaired) electrons. The van der Waals surface area contributed by atoms with E-state index in [0.717, 1.165) is 27.7 Å². The van der Waals surface area contributed by atoms with Gasteiger partial charge in [0.1, 0.15) is 0 Å². The Kier molecular flexibility index (Phi) is 9.07. The zero-order chi connectivity index (χ0) is 27.8. The van der Waals surface area contributed by atoms with Gasteiger partial charge in [0.15, 0.2) is 0 Å². The molecule has 1 aromatic heterocycles. The lowest BCUT2D eigenvalue weighted by molar-refractivity contribution is -0.138.